The summed E-state index contributed by atoms with van der Waals surface area (Å²) in [5.41, 5.74) is 5.41. The van der Waals surface area contributed by atoms with Gasteiger partial charge in [-0.05, 0) is 66.3 Å². The minimum atomic E-state index is -0.179. The number of carbonyl (C=O) groups excluding carboxylic acids is 1. The van der Waals surface area contributed by atoms with Gasteiger partial charge in [0, 0.05) is 25.5 Å². The number of hydrogen-bond donors (Lipinski definition) is 3. The molecule has 1 amide bonds. The van der Waals surface area contributed by atoms with Crippen molar-refractivity contribution in [1.82, 2.24) is 20.6 Å². The maximum atomic E-state index is 12.8. The number of benzene rings is 1. The van der Waals surface area contributed by atoms with E-state index in [2.05, 4.69) is 38.8 Å². The third-order valence-electron chi connectivity index (χ3n) is 6.51. The number of nitrogens with one attached hydrogen (secondary N) is 3. The lowest BCUT2D eigenvalue weighted by Crippen LogP contribution is -2.31. The van der Waals surface area contributed by atoms with Gasteiger partial charge in [0.05, 0.1) is 22.2 Å². The number of rotatable bonds is 7. The van der Waals surface area contributed by atoms with E-state index in [4.69, 9.17) is 16.3 Å². The van der Waals surface area contributed by atoms with Crippen molar-refractivity contribution in [2.45, 2.75) is 32.4 Å². The molecule has 1 saturated heterocycles. The van der Waals surface area contributed by atoms with Gasteiger partial charge < -0.3 is 20.4 Å². The first-order valence-electron chi connectivity index (χ1n) is 11.8. The van der Waals surface area contributed by atoms with Crippen LogP contribution < -0.4 is 20.9 Å². The molecule has 0 bridgehead atoms. The number of carbonyl (C=O) groups is 1. The summed E-state index contributed by atoms with van der Waals surface area (Å²) in [6, 6.07) is 11.6. The fourth-order valence-electron chi connectivity index (χ4n) is 4.59. The van der Waals surface area contributed by atoms with Gasteiger partial charge in [-0.15, -0.1) is 0 Å². The third-order valence-corrected chi connectivity index (χ3v) is 6.73. The summed E-state index contributed by atoms with van der Waals surface area (Å²) in [5.74, 6) is 0.703. The fraction of sp³-hybridized carbons (Fsp3) is 0.296. The molecule has 0 radical (unpaired) electrons. The molecule has 35 heavy (non-hydrogen) atoms. The average Bonchev–Trinajstić information content (AvgIpc) is 3.42. The molecule has 0 saturated carbocycles. The molecular weight excluding hydrogens is 464 g/mol. The highest BCUT2D eigenvalue weighted by molar-refractivity contribution is 6.30. The summed E-state index contributed by atoms with van der Waals surface area (Å²) in [5, 5.41) is 6.85. The van der Waals surface area contributed by atoms with Gasteiger partial charge in [0.15, 0.2) is 0 Å². The van der Waals surface area contributed by atoms with Crippen LogP contribution in [0.15, 0.2) is 53.6 Å². The van der Waals surface area contributed by atoms with Crippen LogP contribution in [0.4, 0.5) is 0 Å². The van der Waals surface area contributed by atoms with Gasteiger partial charge in [-0.25, -0.2) is 0 Å². The largest absolute Gasteiger partial charge is 0.486 e. The molecule has 2 aromatic heterocycles. The predicted octanol–water partition coefficient (Wildman–Crippen LogP) is 3.71. The van der Waals surface area contributed by atoms with Crippen LogP contribution in [0.5, 0.6) is 5.75 Å². The summed E-state index contributed by atoms with van der Waals surface area (Å²) in [4.78, 5) is 32.1. The highest BCUT2D eigenvalue weighted by atomic mass is 35.5. The van der Waals surface area contributed by atoms with Gasteiger partial charge in [-0.2, -0.15) is 0 Å². The van der Waals surface area contributed by atoms with E-state index in [1.807, 2.05) is 6.07 Å². The summed E-state index contributed by atoms with van der Waals surface area (Å²) in [6.07, 6.45) is 7.65. The summed E-state index contributed by atoms with van der Waals surface area (Å²) >= 11 is 5.91. The number of aromatic amines is 1. The molecule has 8 heteroatoms. The topological polar surface area (TPSA) is 96.1 Å². The van der Waals surface area contributed by atoms with Gasteiger partial charge in [0.2, 0.25) is 5.91 Å². The van der Waals surface area contributed by atoms with E-state index in [9.17, 15) is 9.59 Å². The SMILES string of the molecule is O=C(NCc1ccc2c(c1)CCC(c1c(OCc3ccc(Cl)cn3)cc[nH]c1=O)=C2)[C@@H]1CCNC1. The normalized spacial score (nSPS) is 16.9. The zero-order chi connectivity index (χ0) is 24.2. The maximum Gasteiger partial charge on any atom is 0.259 e. The van der Waals surface area contributed by atoms with Gasteiger partial charge in [-0.1, -0.05) is 35.9 Å². The van der Waals surface area contributed by atoms with E-state index < -0.39 is 0 Å². The second-order valence-corrected chi connectivity index (χ2v) is 9.35. The average molecular weight is 491 g/mol. The highest BCUT2D eigenvalue weighted by Crippen LogP contribution is 2.33. The minimum absolute atomic E-state index is 0.0639. The number of pyridine rings is 2. The zero-order valence-corrected chi connectivity index (χ0v) is 20.0. The van der Waals surface area contributed by atoms with Crippen LogP contribution in [0.25, 0.3) is 11.6 Å². The standard InChI is InChI=1S/C27H27ClN4O3/c28-22-5-6-23(31-15-22)16-35-24-8-10-30-27(34)25(24)20-4-3-18-11-17(1-2-19(18)12-20)13-32-26(33)21-7-9-29-14-21/h1-2,5-6,8,10-12,15,21,29H,3-4,7,9,13-14,16H2,(H,30,34)(H,32,33)/t21-/m1/s1. The lowest BCUT2D eigenvalue weighted by atomic mass is 9.88. The van der Waals surface area contributed by atoms with E-state index in [-0.39, 0.29) is 24.0 Å². The number of aryl methyl sites for hydroxylation is 1. The summed E-state index contributed by atoms with van der Waals surface area (Å²) in [6.45, 7) is 2.42. The monoisotopic (exact) mass is 490 g/mol. The van der Waals surface area contributed by atoms with Crippen molar-refractivity contribution in [3.8, 4) is 5.75 Å². The summed E-state index contributed by atoms with van der Waals surface area (Å²) < 4.78 is 5.99. The van der Waals surface area contributed by atoms with Crippen LogP contribution in [0.2, 0.25) is 5.02 Å². The Bertz CT molecular complexity index is 1310. The van der Waals surface area contributed by atoms with E-state index in [1.165, 1.54) is 5.56 Å². The van der Waals surface area contributed by atoms with E-state index in [0.29, 0.717) is 22.9 Å². The molecule has 1 aliphatic carbocycles. The number of ether oxygens (including phenoxy) is 1. The Kier molecular flexibility index (Phi) is 6.97. The van der Waals surface area contributed by atoms with Crippen LogP contribution in [-0.4, -0.2) is 29.0 Å². The number of halogens is 1. The van der Waals surface area contributed by atoms with Gasteiger partial charge in [-0.3, -0.25) is 14.6 Å². The van der Waals surface area contributed by atoms with Crippen molar-refractivity contribution in [1.29, 1.82) is 0 Å². The number of H-pyrrole nitrogens is 1. The fourth-order valence-corrected chi connectivity index (χ4v) is 4.70. The van der Waals surface area contributed by atoms with E-state index in [0.717, 1.165) is 54.7 Å². The molecule has 3 aromatic rings. The molecule has 3 heterocycles. The van der Waals surface area contributed by atoms with E-state index >= 15 is 0 Å². The number of hydrogen-bond acceptors (Lipinski definition) is 5. The molecular formula is C27H27ClN4O3. The molecule has 180 valence electrons. The van der Waals surface area contributed by atoms with E-state index in [1.54, 1.807) is 30.6 Å². The lowest BCUT2D eigenvalue weighted by Gasteiger charge is -2.19. The number of aromatic nitrogens is 2. The number of amides is 1. The highest BCUT2D eigenvalue weighted by Gasteiger charge is 2.22. The van der Waals surface area contributed by atoms with Crippen LogP contribution >= 0.6 is 11.6 Å². The Hall–Kier alpha value is -3.42. The van der Waals surface area contributed by atoms with Crippen molar-refractivity contribution in [3.05, 3.63) is 92.1 Å². The van der Waals surface area contributed by atoms with Crippen LogP contribution in [-0.2, 0) is 24.4 Å². The Labute approximate surface area is 208 Å². The number of nitrogens with zero attached hydrogens (tertiary/aromatic N) is 1. The van der Waals surface area contributed by atoms with Crippen LogP contribution in [0, 0.1) is 5.92 Å². The van der Waals surface area contributed by atoms with Crippen molar-refractivity contribution in [3.63, 3.8) is 0 Å². The molecule has 3 N–H and O–H groups in total. The molecule has 1 aromatic carbocycles. The maximum absolute atomic E-state index is 12.8. The molecule has 5 rings (SSSR count). The molecule has 2 aliphatic rings. The zero-order valence-electron chi connectivity index (χ0n) is 19.3. The van der Waals surface area contributed by atoms with Crippen LogP contribution in [0.1, 0.15) is 40.8 Å². The lowest BCUT2D eigenvalue weighted by molar-refractivity contribution is -0.124. The molecule has 1 fully saturated rings. The molecule has 0 unspecified atom stereocenters. The van der Waals surface area contributed by atoms with Gasteiger partial charge in [0.25, 0.3) is 5.56 Å². The Morgan fingerprint density at radius 1 is 1.20 bits per heavy atom. The van der Waals surface area contributed by atoms with Crippen molar-refractivity contribution >= 4 is 29.2 Å². The number of allylic oxidation sites excluding steroid dienone is 1. The first kappa shape index (κ1) is 23.3. The molecule has 7 nitrogen and oxygen atoms in total. The van der Waals surface area contributed by atoms with Crippen molar-refractivity contribution < 1.29 is 9.53 Å². The van der Waals surface area contributed by atoms with Gasteiger partial charge in [0.1, 0.15) is 12.4 Å². The molecule has 1 atom stereocenters. The first-order chi connectivity index (χ1) is 17.1. The van der Waals surface area contributed by atoms with Crippen LogP contribution in [0.3, 0.4) is 0 Å². The minimum Gasteiger partial charge on any atom is -0.486 e. The predicted molar refractivity (Wildman–Crippen MR) is 136 cm³/mol. The smallest absolute Gasteiger partial charge is 0.259 e. The first-order valence-corrected chi connectivity index (χ1v) is 12.2. The Morgan fingerprint density at radius 3 is 2.91 bits per heavy atom. The quantitative estimate of drug-likeness (QED) is 0.469. The second kappa shape index (κ2) is 10.5. The van der Waals surface area contributed by atoms with Crippen molar-refractivity contribution in [2.24, 2.45) is 5.92 Å². The molecule has 0 spiro atoms. The Balaban J connectivity index is 1.31. The Morgan fingerprint density at radius 2 is 2.11 bits per heavy atom. The third kappa shape index (κ3) is 5.47. The summed E-state index contributed by atoms with van der Waals surface area (Å²) in [7, 11) is 0. The molecule has 1 aliphatic heterocycles. The number of fused-ring (bicyclic) bond motifs is 1. The second-order valence-electron chi connectivity index (χ2n) is 8.91. The van der Waals surface area contributed by atoms with Crippen molar-refractivity contribution in [2.75, 3.05) is 13.1 Å². The van der Waals surface area contributed by atoms with Gasteiger partial charge >= 0.3 is 0 Å².